The SMILES string of the molecule is Cc1cccc(COn2cccc(C(=O)Nc3ccc(S(=O)(=O)Nc4nc(C)cc(C)n4)cc3)c2=O)c1. The lowest BCUT2D eigenvalue weighted by molar-refractivity contribution is 0.0863. The van der Waals surface area contributed by atoms with Gasteiger partial charge in [0.2, 0.25) is 5.95 Å². The Hall–Kier alpha value is -4.51. The van der Waals surface area contributed by atoms with Crippen molar-refractivity contribution in [3.05, 3.63) is 111 Å². The van der Waals surface area contributed by atoms with Crippen molar-refractivity contribution >= 4 is 27.6 Å². The van der Waals surface area contributed by atoms with Gasteiger partial charge in [-0.15, -0.1) is 0 Å². The van der Waals surface area contributed by atoms with Crippen LogP contribution in [-0.2, 0) is 16.6 Å². The van der Waals surface area contributed by atoms with Crippen molar-refractivity contribution in [2.24, 2.45) is 0 Å². The number of carbonyl (C=O) groups is 1. The topological polar surface area (TPSA) is 132 Å². The standard InChI is InChI=1S/C26H25N5O5S/c1-17-6-4-7-20(14-17)16-36-31-13-5-8-23(25(31)33)24(32)29-21-9-11-22(12-10-21)37(34,35)30-26-27-18(2)15-19(3)28-26/h4-15H,16H2,1-3H3,(H,29,32)(H,27,28,30). The highest BCUT2D eigenvalue weighted by Crippen LogP contribution is 2.17. The van der Waals surface area contributed by atoms with Crippen LogP contribution in [0, 0.1) is 20.8 Å². The minimum Gasteiger partial charge on any atom is -0.406 e. The van der Waals surface area contributed by atoms with E-state index in [4.69, 9.17) is 4.84 Å². The van der Waals surface area contributed by atoms with E-state index in [1.807, 2.05) is 31.2 Å². The van der Waals surface area contributed by atoms with E-state index in [9.17, 15) is 18.0 Å². The van der Waals surface area contributed by atoms with Crippen molar-refractivity contribution in [2.45, 2.75) is 32.3 Å². The van der Waals surface area contributed by atoms with Gasteiger partial charge in [-0.25, -0.2) is 23.1 Å². The molecule has 0 aliphatic heterocycles. The van der Waals surface area contributed by atoms with Crippen LogP contribution in [0.25, 0.3) is 0 Å². The molecule has 11 heteroatoms. The fourth-order valence-corrected chi connectivity index (χ4v) is 4.51. The predicted octanol–water partition coefficient (Wildman–Crippen LogP) is 3.25. The van der Waals surface area contributed by atoms with E-state index in [-0.39, 0.29) is 23.0 Å². The Morgan fingerprint density at radius 1 is 0.946 bits per heavy atom. The summed E-state index contributed by atoms with van der Waals surface area (Å²) in [6, 6.07) is 17.8. The molecule has 4 aromatic rings. The first-order valence-electron chi connectivity index (χ1n) is 11.3. The summed E-state index contributed by atoms with van der Waals surface area (Å²) in [7, 11) is -3.95. The summed E-state index contributed by atoms with van der Waals surface area (Å²) in [5.41, 5.74) is 2.77. The lowest BCUT2D eigenvalue weighted by atomic mass is 10.1. The minimum absolute atomic E-state index is 0.0279. The molecule has 0 bridgehead atoms. The van der Waals surface area contributed by atoms with E-state index >= 15 is 0 Å². The van der Waals surface area contributed by atoms with E-state index < -0.39 is 21.5 Å². The molecule has 0 saturated heterocycles. The van der Waals surface area contributed by atoms with Crippen molar-refractivity contribution < 1.29 is 18.0 Å². The fraction of sp³-hybridized carbons (Fsp3) is 0.154. The minimum atomic E-state index is -3.95. The first-order valence-corrected chi connectivity index (χ1v) is 12.8. The monoisotopic (exact) mass is 519 g/mol. The molecule has 1 amide bonds. The van der Waals surface area contributed by atoms with Gasteiger partial charge in [-0.2, -0.15) is 4.73 Å². The summed E-state index contributed by atoms with van der Waals surface area (Å²) in [6.45, 7) is 5.59. The Balaban J connectivity index is 1.44. The van der Waals surface area contributed by atoms with Crippen LogP contribution < -0.4 is 20.4 Å². The summed E-state index contributed by atoms with van der Waals surface area (Å²) >= 11 is 0. The van der Waals surface area contributed by atoms with Crippen LogP contribution in [0.1, 0.15) is 32.9 Å². The number of hydrogen-bond donors (Lipinski definition) is 2. The number of nitrogens with one attached hydrogen (secondary N) is 2. The molecule has 0 unspecified atom stereocenters. The van der Waals surface area contributed by atoms with Crippen LogP contribution in [-0.4, -0.2) is 29.0 Å². The number of carbonyl (C=O) groups excluding carboxylic acids is 1. The zero-order valence-corrected chi connectivity index (χ0v) is 21.2. The zero-order chi connectivity index (χ0) is 26.6. The normalized spacial score (nSPS) is 11.1. The third-order valence-corrected chi connectivity index (χ3v) is 6.59. The van der Waals surface area contributed by atoms with Gasteiger partial charge in [-0.1, -0.05) is 29.8 Å². The summed E-state index contributed by atoms with van der Waals surface area (Å²) in [6.07, 6.45) is 1.43. The second-order valence-corrected chi connectivity index (χ2v) is 10.1. The molecular formula is C26H25N5O5S. The molecule has 0 saturated carbocycles. The van der Waals surface area contributed by atoms with Gasteiger partial charge in [0.05, 0.1) is 4.90 Å². The van der Waals surface area contributed by atoms with E-state index in [1.54, 1.807) is 19.9 Å². The molecule has 190 valence electrons. The van der Waals surface area contributed by atoms with E-state index in [2.05, 4.69) is 20.0 Å². The smallest absolute Gasteiger partial charge is 0.295 e. The van der Waals surface area contributed by atoms with Gasteiger partial charge in [0.15, 0.2) is 0 Å². The number of aryl methyl sites for hydroxylation is 3. The Morgan fingerprint density at radius 2 is 1.65 bits per heavy atom. The van der Waals surface area contributed by atoms with Gasteiger partial charge in [0, 0.05) is 23.3 Å². The van der Waals surface area contributed by atoms with Gasteiger partial charge < -0.3 is 10.2 Å². The van der Waals surface area contributed by atoms with Crippen LogP contribution in [0.4, 0.5) is 11.6 Å². The number of nitrogens with zero attached hydrogens (tertiary/aromatic N) is 3. The van der Waals surface area contributed by atoms with Crippen molar-refractivity contribution in [1.29, 1.82) is 0 Å². The maximum absolute atomic E-state index is 12.8. The number of benzene rings is 2. The third-order valence-electron chi connectivity index (χ3n) is 5.24. The lowest BCUT2D eigenvalue weighted by Crippen LogP contribution is -2.32. The van der Waals surface area contributed by atoms with Gasteiger partial charge in [0.25, 0.3) is 21.5 Å². The largest absolute Gasteiger partial charge is 0.406 e. The molecule has 4 rings (SSSR count). The highest BCUT2D eigenvalue weighted by molar-refractivity contribution is 7.92. The predicted molar refractivity (Wildman–Crippen MR) is 139 cm³/mol. The van der Waals surface area contributed by atoms with E-state index in [0.717, 1.165) is 15.9 Å². The van der Waals surface area contributed by atoms with Gasteiger partial charge in [-0.05, 0) is 68.8 Å². The number of pyridine rings is 1. The van der Waals surface area contributed by atoms with Crippen LogP contribution in [0.2, 0.25) is 0 Å². The maximum atomic E-state index is 12.8. The second kappa shape index (κ2) is 10.6. The number of hydrogen-bond acceptors (Lipinski definition) is 7. The number of aromatic nitrogens is 3. The molecule has 0 atom stereocenters. The highest BCUT2D eigenvalue weighted by Gasteiger charge is 2.17. The number of amides is 1. The molecular weight excluding hydrogens is 494 g/mol. The summed E-state index contributed by atoms with van der Waals surface area (Å²) in [5.74, 6) is -0.685. The zero-order valence-electron chi connectivity index (χ0n) is 20.4. The fourth-order valence-electron chi connectivity index (χ4n) is 3.56. The highest BCUT2D eigenvalue weighted by atomic mass is 32.2. The molecule has 2 heterocycles. The van der Waals surface area contributed by atoms with Crippen LogP contribution in [0.3, 0.4) is 0 Å². The molecule has 0 radical (unpaired) electrons. The molecule has 2 aromatic carbocycles. The second-order valence-electron chi connectivity index (χ2n) is 8.37. The molecule has 2 N–H and O–H groups in total. The quantitative estimate of drug-likeness (QED) is 0.365. The van der Waals surface area contributed by atoms with Gasteiger partial charge in [-0.3, -0.25) is 9.59 Å². The molecule has 37 heavy (non-hydrogen) atoms. The summed E-state index contributed by atoms with van der Waals surface area (Å²) in [5, 5.41) is 2.60. The van der Waals surface area contributed by atoms with Crippen LogP contribution in [0.5, 0.6) is 0 Å². The molecule has 0 fully saturated rings. The third kappa shape index (κ3) is 6.39. The number of sulfonamides is 1. The Morgan fingerprint density at radius 3 is 2.32 bits per heavy atom. The molecule has 0 aliphatic carbocycles. The van der Waals surface area contributed by atoms with Crippen LogP contribution >= 0.6 is 0 Å². The van der Waals surface area contributed by atoms with Crippen LogP contribution in [0.15, 0.2) is 82.6 Å². The first-order chi connectivity index (χ1) is 17.6. The number of rotatable bonds is 8. The van der Waals surface area contributed by atoms with E-state index in [0.29, 0.717) is 17.1 Å². The average Bonchev–Trinajstić information content (AvgIpc) is 2.83. The average molecular weight is 520 g/mol. The van der Waals surface area contributed by atoms with Crippen molar-refractivity contribution in [3.8, 4) is 0 Å². The Labute approximate surface area is 214 Å². The van der Waals surface area contributed by atoms with Crippen molar-refractivity contribution in [3.63, 3.8) is 0 Å². The summed E-state index contributed by atoms with van der Waals surface area (Å²) < 4.78 is 28.8. The summed E-state index contributed by atoms with van der Waals surface area (Å²) in [4.78, 5) is 39.2. The van der Waals surface area contributed by atoms with Gasteiger partial charge >= 0.3 is 0 Å². The molecule has 2 aromatic heterocycles. The van der Waals surface area contributed by atoms with E-state index in [1.165, 1.54) is 42.6 Å². The maximum Gasteiger partial charge on any atom is 0.295 e. The van der Waals surface area contributed by atoms with Crippen molar-refractivity contribution in [2.75, 3.05) is 10.0 Å². The molecule has 0 aliphatic rings. The molecule has 10 nitrogen and oxygen atoms in total. The van der Waals surface area contributed by atoms with Gasteiger partial charge in [0.1, 0.15) is 12.2 Å². The van der Waals surface area contributed by atoms with Crippen molar-refractivity contribution in [1.82, 2.24) is 14.7 Å². The first kappa shape index (κ1) is 25.6. The lowest BCUT2D eigenvalue weighted by Gasteiger charge is -2.11. The Kier molecular flexibility index (Phi) is 7.35. The molecule has 0 spiro atoms. The number of anilines is 2. The Bertz CT molecular complexity index is 1600.